The first-order valence-corrected chi connectivity index (χ1v) is 9.70. The molecule has 0 bridgehead atoms. The molecule has 0 aliphatic carbocycles. The van der Waals surface area contributed by atoms with Gasteiger partial charge in [0.15, 0.2) is 0 Å². The second-order valence-electron chi connectivity index (χ2n) is 6.18. The summed E-state index contributed by atoms with van der Waals surface area (Å²) in [6.07, 6.45) is 2.34. The number of amides is 1. The van der Waals surface area contributed by atoms with Crippen molar-refractivity contribution in [2.24, 2.45) is 0 Å². The van der Waals surface area contributed by atoms with Crippen LogP contribution in [0.25, 0.3) is 0 Å². The van der Waals surface area contributed by atoms with E-state index in [1.54, 1.807) is 41.5 Å². The van der Waals surface area contributed by atoms with Gasteiger partial charge >= 0.3 is 5.97 Å². The minimum absolute atomic E-state index is 0.0879. The molecule has 2 aromatic carbocycles. The second kappa shape index (κ2) is 7.19. The zero-order valence-electron chi connectivity index (χ0n) is 13.9. The number of aromatic carboxylic acids is 1. The predicted molar refractivity (Wildman–Crippen MR) is 96.1 cm³/mol. The Morgan fingerprint density at radius 2 is 1.92 bits per heavy atom. The van der Waals surface area contributed by atoms with Crippen molar-refractivity contribution in [1.29, 1.82) is 0 Å². The fraction of sp³-hybridized carbons (Fsp3) is 0.263. The van der Waals surface area contributed by atoms with E-state index in [1.807, 2.05) is 12.1 Å². The van der Waals surface area contributed by atoms with Gasteiger partial charge in [-0.2, -0.15) is 0 Å². The summed E-state index contributed by atoms with van der Waals surface area (Å²) in [6.45, 7) is 1.00. The first-order chi connectivity index (χ1) is 11.9. The minimum atomic E-state index is -0.966. The summed E-state index contributed by atoms with van der Waals surface area (Å²) in [5.74, 6) is -0.632. The highest BCUT2D eigenvalue weighted by molar-refractivity contribution is 7.83. The Balaban J connectivity index is 1.81. The van der Waals surface area contributed by atoms with Crippen LogP contribution < -0.4 is 0 Å². The van der Waals surface area contributed by atoms with Gasteiger partial charge in [0.1, 0.15) is 0 Å². The lowest BCUT2D eigenvalue weighted by molar-refractivity contribution is 0.0696. The molecule has 0 spiro atoms. The van der Waals surface area contributed by atoms with Crippen LogP contribution in [-0.4, -0.2) is 38.9 Å². The van der Waals surface area contributed by atoms with E-state index in [4.69, 9.17) is 5.11 Å². The Kier molecular flexibility index (Phi) is 4.99. The maximum atomic E-state index is 12.8. The molecule has 1 aliphatic heterocycles. The minimum Gasteiger partial charge on any atom is -0.478 e. The Morgan fingerprint density at radius 1 is 1.12 bits per heavy atom. The zero-order valence-corrected chi connectivity index (χ0v) is 14.7. The average molecular weight is 357 g/mol. The highest BCUT2D eigenvalue weighted by Gasteiger charge is 2.22. The van der Waals surface area contributed by atoms with E-state index < -0.39 is 16.8 Å². The molecule has 1 amide bonds. The first kappa shape index (κ1) is 17.4. The summed E-state index contributed by atoms with van der Waals surface area (Å²) in [6, 6.07) is 12.3. The van der Waals surface area contributed by atoms with E-state index in [0.29, 0.717) is 30.8 Å². The molecule has 3 rings (SSSR count). The van der Waals surface area contributed by atoms with Crippen LogP contribution >= 0.6 is 0 Å². The molecule has 0 radical (unpaired) electrons. The monoisotopic (exact) mass is 357 g/mol. The third-order valence-corrected chi connectivity index (χ3v) is 5.04. The van der Waals surface area contributed by atoms with Crippen molar-refractivity contribution < 1.29 is 18.9 Å². The molecule has 0 saturated carbocycles. The van der Waals surface area contributed by atoms with Crippen LogP contribution in [-0.2, 0) is 29.5 Å². The van der Waals surface area contributed by atoms with Crippen molar-refractivity contribution in [3.05, 3.63) is 70.3 Å². The maximum absolute atomic E-state index is 12.8. The van der Waals surface area contributed by atoms with E-state index in [9.17, 15) is 13.8 Å². The second-order valence-corrected chi connectivity index (χ2v) is 7.62. The number of hydrogen-bond acceptors (Lipinski definition) is 3. The highest BCUT2D eigenvalue weighted by atomic mass is 32.2. The lowest BCUT2D eigenvalue weighted by Crippen LogP contribution is -2.36. The van der Waals surface area contributed by atoms with Gasteiger partial charge in [-0.25, -0.2) is 4.79 Å². The van der Waals surface area contributed by atoms with E-state index in [1.165, 1.54) is 0 Å². The van der Waals surface area contributed by atoms with E-state index in [0.717, 1.165) is 16.7 Å². The van der Waals surface area contributed by atoms with E-state index in [-0.39, 0.29) is 11.5 Å². The summed E-state index contributed by atoms with van der Waals surface area (Å²) in [5.41, 5.74) is 3.65. The van der Waals surface area contributed by atoms with Gasteiger partial charge in [-0.3, -0.25) is 9.00 Å². The van der Waals surface area contributed by atoms with Gasteiger partial charge in [0.2, 0.25) is 0 Å². The largest absolute Gasteiger partial charge is 0.478 e. The van der Waals surface area contributed by atoms with Crippen LogP contribution in [0.3, 0.4) is 0 Å². The third-order valence-electron chi connectivity index (χ3n) is 4.30. The SMILES string of the molecule is CS(=O)Cc1cccc(C(=O)N2CCc3ccc(C(=O)O)cc3C2)c1. The van der Waals surface area contributed by atoms with Crippen LogP contribution in [0.1, 0.15) is 37.4 Å². The molecule has 5 nitrogen and oxygen atoms in total. The van der Waals surface area contributed by atoms with Gasteiger partial charge in [0.25, 0.3) is 5.91 Å². The number of benzene rings is 2. The van der Waals surface area contributed by atoms with Gasteiger partial charge < -0.3 is 10.0 Å². The Bertz CT molecular complexity index is 862. The van der Waals surface area contributed by atoms with Crippen LogP contribution in [0.4, 0.5) is 0 Å². The summed E-state index contributed by atoms with van der Waals surface area (Å²) in [7, 11) is -0.960. The van der Waals surface area contributed by atoms with Crippen molar-refractivity contribution in [2.75, 3.05) is 12.8 Å². The molecule has 1 N–H and O–H groups in total. The van der Waals surface area contributed by atoms with Gasteiger partial charge in [-0.15, -0.1) is 0 Å². The molecular weight excluding hydrogens is 338 g/mol. The highest BCUT2D eigenvalue weighted by Crippen LogP contribution is 2.22. The molecule has 0 fully saturated rings. The van der Waals surface area contributed by atoms with Gasteiger partial charge in [0, 0.05) is 41.5 Å². The van der Waals surface area contributed by atoms with E-state index >= 15 is 0 Å². The quantitative estimate of drug-likeness (QED) is 0.912. The number of rotatable bonds is 4. The number of hydrogen-bond donors (Lipinski definition) is 1. The lowest BCUT2D eigenvalue weighted by Gasteiger charge is -2.29. The summed E-state index contributed by atoms with van der Waals surface area (Å²) < 4.78 is 11.4. The van der Waals surface area contributed by atoms with Crippen molar-refractivity contribution in [1.82, 2.24) is 4.90 Å². The van der Waals surface area contributed by atoms with Gasteiger partial charge in [-0.05, 0) is 47.4 Å². The number of carboxylic acids is 1. The number of carboxylic acid groups (broad SMARTS) is 1. The molecule has 1 atom stereocenters. The van der Waals surface area contributed by atoms with Crippen molar-refractivity contribution in [3.63, 3.8) is 0 Å². The number of fused-ring (bicyclic) bond motifs is 1. The molecule has 1 aliphatic rings. The molecular formula is C19H19NO4S. The van der Waals surface area contributed by atoms with Crippen LogP contribution in [0.5, 0.6) is 0 Å². The van der Waals surface area contributed by atoms with E-state index in [2.05, 4.69) is 0 Å². The van der Waals surface area contributed by atoms with Crippen LogP contribution in [0.15, 0.2) is 42.5 Å². The predicted octanol–water partition coefficient (Wildman–Crippen LogP) is 2.46. The summed E-state index contributed by atoms with van der Waals surface area (Å²) in [5, 5.41) is 9.14. The number of carbonyl (C=O) groups excluding carboxylic acids is 1. The average Bonchev–Trinajstić information content (AvgIpc) is 2.59. The summed E-state index contributed by atoms with van der Waals surface area (Å²) >= 11 is 0. The summed E-state index contributed by atoms with van der Waals surface area (Å²) in [4.78, 5) is 25.7. The molecule has 0 saturated heterocycles. The topological polar surface area (TPSA) is 74.7 Å². The maximum Gasteiger partial charge on any atom is 0.335 e. The smallest absolute Gasteiger partial charge is 0.335 e. The molecule has 0 aromatic heterocycles. The van der Waals surface area contributed by atoms with Crippen LogP contribution in [0, 0.1) is 0 Å². The first-order valence-electron chi connectivity index (χ1n) is 7.97. The third kappa shape index (κ3) is 3.96. The fourth-order valence-electron chi connectivity index (χ4n) is 3.07. The Morgan fingerprint density at radius 3 is 2.64 bits per heavy atom. The normalized spacial score (nSPS) is 14.7. The van der Waals surface area contributed by atoms with Crippen molar-refractivity contribution in [3.8, 4) is 0 Å². The molecule has 1 heterocycles. The number of carbonyl (C=O) groups is 2. The Labute approximate surface area is 148 Å². The van der Waals surface area contributed by atoms with Crippen molar-refractivity contribution in [2.45, 2.75) is 18.7 Å². The molecule has 130 valence electrons. The molecule has 2 aromatic rings. The molecule has 1 unspecified atom stereocenters. The lowest BCUT2D eigenvalue weighted by atomic mass is 9.96. The standard InChI is InChI=1S/C19H19NO4S/c1-25(24)12-13-3-2-4-15(9-13)18(21)20-8-7-14-5-6-16(19(22)23)10-17(14)11-20/h2-6,9-10H,7-8,11-12H2,1H3,(H,22,23). The Hall–Kier alpha value is -2.47. The molecule has 25 heavy (non-hydrogen) atoms. The zero-order chi connectivity index (χ0) is 18.0. The fourth-order valence-corrected chi connectivity index (χ4v) is 3.72. The molecule has 6 heteroatoms. The number of nitrogens with zero attached hydrogens (tertiary/aromatic N) is 1. The van der Waals surface area contributed by atoms with Gasteiger partial charge in [-0.1, -0.05) is 18.2 Å². The van der Waals surface area contributed by atoms with Crippen LogP contribution in [0.2, 0.25) is 0 Å². The van der Waals surface area contributed by atoms with Crippen molar-refractivity contribution >= 4 is 22.7 Å². The van der Waals surface area contributed by atoms with Gasteiger partial charge in [0.05, 0.1) is 5.56 Å².